The number of nitrogens with two attached hydrogens (primary N) is 1. The first-order chi connectivity index (χ1) is 12.1. The van der Waals surface area contributed by atoms with Crippen LogP contribution in [0.5, 0.6) is 5.75 Å². The number of carbonyl (C=O) groups is 1. The third-order valence-corrected chi connectivity index (χ3v) is 4.25. The summed E-state index contributed by atoms with van der Waals surface area (Å²) >= 11 is 0. The second-order valence-electron chi connectivity index (χ2n) is 6.09. The molecule has 25 heavy (non-hydrogen) atoms. The number of hydrogen-bond acceptors (Lipinski definition) is 3. The number of hydrogen-bond donors (Lipinski definition) is 2. The van der Waals surface area contributed by atoms with Gasteiger partial charge in [-0.1, -0.05) is 36.4 Å². The number of para-hydroxylation sites is 2. The predicted molar refractivity (Wildman–Crippen MR) is 99.6 cm³/mol. The van der Waals surface area contributed by atoms with Gasteiger partial charge < -0.3 is 20.4 Å². The molecule has 3 rings (SSSR count). The first kappa shape index (κ1) is 17.0. The molecule has 1 aromatic heterocycles. The lowest BCUT2D eigenvalue weighted by atomic mass is 10.0. The number of H-pyrrole nitrogens is 1. The summed E-state index contributed by atoms with van der Waals surface area (Å²) in [5, 5.41) is 1.11. The SMILES string of the molecule is CN(CCOc1ccccc1)C(=O)[C@@H](N)Cc1c[nH]c2ccccc12. The van der Waals surface area contributed by atoms with E-state index in [9.17, 15) is 4.79 Å². The molecule has 0 unspecified atom stereocenters. The van der Waals surface area contributed by atoms with Crippen molar-refractivity contribution in [1.82, 2.24) is 9.88 Å². The average molecular weight is 337 g/mol. The van der Waals surface area contributed by atoms with Gasteiger partial charge in [-0.15, -0.1) is 0 Å². The van der Waals surface area contributed by atoms with Crippen LogP contribution in [0.2, 0.25) is 0 Å². The Balaban J connectivity index is 1.52. The molecule has 0 aliphatic carbocycles. The molecule has 0 saturated carbocycles. The van der Waals surface area contributed by atoms with Gasteiger partial charge in [0.15, 0.2) is 0 Å². The zero-order chi connectivity index (χ0) is 17.6. The number of aromatic amines is 1. The molecule has 0 aliphatic rings. The summed E-state index contributed by atoms with van der Waals surface area (Å²) in [5.74, 6) is 0.716. The molecule has 0 fully saturated rings. The molecular formula is C20H23N3O2. The van der Waals surface area contributed by atoms with Crippen molar-refractivity contribution in [3.8, 4) is 5.75 Å². The highest BCUT2D eigenvalue weighted by atomic mass is 16.5. The highest BCUT2D eigenvalue weighted by molar-refractivity contribution is 5.86. The van der Waals surface area contributed by atoms with E-state index in [4.69, 9.17) is 10.5 Å². The lowest BCUT2D eigenvalue weighted by Gasteiger charge is -2.21. The minimum absolute atomic E-state index is 0.0815. The number of nitrogens with one attached hydrogen (secondary N) is 1. The third-order valence-electron chi connectivity index (χ3n) is 4.25. The Bertz CT molecular complexity index is 829. The Hall–Kier alpha value is -2.79. The van der Waals surface area contributed by atoms with Crippen LogP contribution >= 0.6 is 0 Å². The monoisotopic (exact) mass is 337 g/mol. The molecule has 1 amide bonds. The zero-order valence-corrected chi connectivity index (χ0v) is 14.3. The minimum atomic E-state index is -0.569. The van der Waals surface area contributed by atoms with E-state index in [0.29, 0.717) is 19.6 Å². The number of nitrogens with zero attached hydrogens (tertiary/aromatic N) is 1. The molecule has 0 aliphatic heterocycles. The van der Waals surface area contributed by atoms with E-state index < -0.39 is 6.04 Å². The fraction of sp³-hybridized carbons (Fsp3) is 0.250. The van der Waals surface area contributed by atoms with Gasteiger partial charge >= 0.3 is 0 Å². The first-order valence-corrected chi connectivity index (χ1v) is 8.38. The standard InChI is InChI=1S/C20H23N3O2/c1-23(11-12-25-16-7-3-2-4-8-16)20(24)18(21)13-15-14-22-19-10-6-5-9-17(15)19/h2-10,14,18,22H,11-13,21H2,1H3/t18-/m0/s1. The van der Waals surface area contributed by atoms with Gasteiger partial charge in [-0.05, 0) is 30.2 Å². The normalized spacial score (nSPS) is 12.1. The second-order valence-corrected chi connectivity index (χ2v) is 6.09. The van der Waals surface area contributed by atoms with E-state index in [1.807, 2.05) is 60.8 Å². The van der Waals surface area contributed by atoms with E-state index in [2.05, 4.69) is 4.98 Å². The quantitative estimate of drug-likeness (QED) is 0.696. The molecule has 0 spiro atoms. The lowest BCUT2D eigenvalue weighted by Crippen LogP contribution is -2.44. The summed E-state index contributed by atoms with van der Waals surface area (Å²) in [6.07, 6.45) is 2.43. The van der Waals surface area contributed by atoms with Gasteiger partial charge in [0.2, 0.25) is 5.91 Å². The van der Waals surface area contributed by atoms with Crippen LogP contribution in [-0.4, -0.2) is 42.0 Å². The molecular weight excluding hydrogens is 314 g/mol. The molecule has 130 valence electrons. The fourth-order valence-electron chi connectivity index (χ4n) is 2.84. The van der Waals surface area contributed by atoms with Gasteiger partial charge in [0.1, 0.15) is 12.4 Å². The van der Waals surface area contributed by atoms with Crippen LogP contribution in [0.3, 0.4) is 0 Å². The topological polar surface area (TPSA) is 71.3 Å². The smallest absolute Gasteiger partial charge is 0.239 e. The summed E-state index contributed by atoms with van der Waals surface area (Å²) in [6.45, 7) is 0.932. The number of benzene rings is 2. The molecule has 2 aromatic carbocycles. The number of fused-ring (bicyclic) bond motifs is 1. The van der Waals surface area contributed by atoms with Gasteiger partial charge in [0, 0.05) is 24.1 Å². The van der Waals surface area contributed by atoms with Crippen molar-refractivity contribution in [1.29, 1.82) is 0 Å². The number of likely N-dealkylation sites (N-methyl/N-ethyl adjacent to an activating group) is 1. The molecule has 5 nitrogen and oxygen atoms in total. The summed E-state index contributed by atoms with van der Waals surface area (Å²) in [7, 11) is 1.76. The largest absolute Gasteiger partial charge is 0.492 e. The predicted octanol–water partition coefficient (Wildman–Crippen LogP) is 2.58. The van der Waals surface area contributed by atoms with E-state index in [-0.39, 0.29) is 5.91 Å². The van der Waals surface area contributed by atoms with Crippen molar-refractivity contribution in [3.05, 3.63) is 66.4 Å². The average Bonchev–Trinajstić information content (AvgIpc) is 3.05. The maximum absolute atomic E-state index is 12.5. The molecule has 0 saturated heterocycles. The van der Waals surface area contributed by atoms with Crippen LogP contribution in [-0.2, 0) is 11.2 Å². The molecule has 1 heterocycles. The Labute approximate surface area is 147 Å². The van der Waals surface area contributed by atoms with Gasteiger partial charge in [0.05, 0.1) is 12.6 Å². The summed E-state index contributed by atoms with van der Waals surface area (Å²) in [4.78, 5) is 17.3. The molecule has 0 bridgehead atoms. The Morgan fingerprint density at radius 2 is 1.88 bits per heavy atom. The Morgan fingerprint density at radius 1 is 1.16 bits per heavy atom. The van der Waals surface area contributed by atoms with Crippen molar-refractivity contribution in [2.24, 2.45) is 5.73 Å². The van der Waals surface area contributed by atoms with Crippen LogP contribution in [0.4, 0.5) is 0 Å². The van der Waals surface area contributed by atoms with Gasteiger partial charge in [-0.3, -0.25) is 4.79 Å². The maximum atomic E-state index is 12.5. The Kier molecular flexibility index (Phi) is 5.36. The van der Waals surface area contributed by atoms with Crippen LogP contribution in [0.25, 0.3) is 10.9 Å². The van der Waals surface area contributed by atoms with Crippen molar-refractivity contribution in [3.63, 3.8) is 0 Å². The van der Waals surface area contributed by atoms with Crippen LogP contribution in [0, 0.1) is 0 Å². The molecule has 3 N–H and O–H groups in total. The number of amides is 1. The van der Waals surface area contributed by atoms with Gasteiger partial charge in [-0.25, -0.2) is 0 Å². The van der Waals surface area contributed by atoms with E-state index in [1.54, 1.807) is 11.9 Å². The zero-order valence-electron chi connectivity index (χ0n) is 14.3. The highest BCUT2D eigenvalue weighted by Gasteiger charge is 2.19. The lowest BCUT2D eigenvalue weighted by molar-refractivity contribution is -0.131. The van der Waals surface area contributed by atoms with Crippen molar-refractivity contribution in [2.75, 3.05) is 20.2 Å². The molecule has 5 heteroatoms. The van der Waals surface area contributed by atoms with Gasteiger partial charge in [-0.2, -0.15) is 0 Å². The maximum Gasteiger partial charge on any atom is 0.239 e. The summed E-state index contributed by atoms with van der Waals surface area (Å²) in [6, 6.07) is 17.0. The van der Waals surface area contributed by atoms with Gasteiger partial charge in [0.25, 0.3) is 0 Å². The van der Waals surface area contributed by atoms with Crippen molar-refractivity contribution >= 4 is 16.8 Å². The van der Waals surface area contributed by atoms with Crippen LogP contribution in [0.15, 0.2) is 60.8 Å². The summed E-state index contributed by atoms with van der Waals surface area (Å²) in [5.41, 5.74) is 8.26. The molecule has 3 aromatic rings. The van der Waals surface area contributed by atoms with Crippen LogP contribution in [0.1, 0.15) is 5.56 Å². The van der Waals surface area contributed by atoms with Crippen molar-refractivity contribution in [2.45, 2.75) is 12.5 Å². The summed E-state index contributed by atoms with van der Waals surface area (Å²) < 4.78 is 5.63. The number of aromatic nitrogens is 1. The number of carbonyl (C=O) groups excluding carboxylic acids is 1. The highest BCUT2D eigenvalue weighted by Crippen LogP contribution is 2.19. The molecule has 0 radical (unpaired) electrons. The Morgan fingerprint density at radius 3 is 2.68 bits per heavy atom. The minimum Gasteiger partial charge on any atom is -0.492 e. The van der Waals surface area contributed by atoms with Crippen LogP contribution < -0.4 is 10.5 Å². The second kappa shape index (κ2) is 7.85. The third kappa shape index (κ3) is 4.19. The number of ether oxygens (including phenoxy) is 1. The fourth-order valence-corrected chi connectivity index (χ4v) is 2.84. The van der Waals surface area contributed by atoms with E-state index in [0.717, 1.165) is 22.2 Å². The van der Waals surface area contributed by atoms with E-state index >= 15 is 0 Å². The first-order valence-electron chi connectivity index (χ1n) is 8.38. The van der Waals surface area contributed by atoms with E-state index in [1.165, 1.54) is 0 Å². The molecule has 1 atom stereocenters. The number of rotatable bonds is 7. The van der Waals surface area contributed by atoms with Crippen molar-refractivity contribution < 1.29 is 9.53 Å².